The number of rotatable bonds is 7. The van der Waals surface area contributed by atoms with Gasteiger partial charge in [0, 0.05) is 43.4 Å². The summed E-state index contributed by atoms with van der Waals surface area (Å²) >= 11 is 2.12. The fraction of sp³-hybridized carbons (Fsp3) is 0.846. The molecule has 1 aliphatic rings. The lowest BCUT2D eigenvalue weighted by atomic mass is 10.3. The summed E-state index contributed by atoms with van der Waals surface area (Å²) in [7, 11) is 0. The van der Waals surface area contributed by atoms with Crippen molar-refractivity contribution in [3.8, 4) is 0 Å². The third-order valence-corrected chi connectivity index (χ3v) is 4.84. The second-order valence-corrected chi connectivity index (χ2v) is 6.36. The van der Waals surface area contributed by atoms with E-state index >= 15 is 0 Å². The van der Waals surface area contributed by atoms with Crippen LogP contribution in [0, 0.1) is 0 Å². The van der Waals surface area contributed by atoms with Gasteiger partial charge in [-0.2, -0.15) is 11.8 Å². The fourth-order valence-corrected chi connectivity index (χ4v) is 3.51. The maximum absolute atomic E-state index is 4.19. The van der Waals surface area contributed by atoms with Gasteiger partial charge < -0.3 is 5.32 Å². The van der Waals surface area contributed by atoms with E-state index in [2.05, 4.69) is 52.3 Å². The highest BCUT2D eigenvalue weighted by Crippen LogP contribution is 2.20. The van der Waals surface area contributed by atoms with Gasteiger partial charge in [0.2, 0.25) is 0 Å². The minimum Gasteiger partial charge on any atom is -0.311 e. The molecule has 0 amide bonds. The molecule has 108 valence electrons. The summed E-state index contributed by atoms with van der Waals surface area (Å²) < 4.78 is 1.97. The smallest absolute Gasteiger partial charge is 0.0964 e. The summed E-state index contributed by atoms with van der Waals surface area (Å²) in [5, 5.41) is 12.4. The van der Waals surface area contributed by atoms with E-state index in [1.807, 2.05) is 4.68 Å². The highest BCUT2D eigenvalue weighted by Gasteiger charge is 2.18. The Morgan fingerprint density at radius 3 is 3.11 bits per heavy atom. The van der Waals surface area contributed by atoms with Gasteiger partial charge in [-0.15, -0.1) is 5.10 Å². The summed E-state index contributed by atoms with van der Waals surface area (Å²) in [5.74, 6) is 1.27. The molecule has 2 heterocycles. The zero-order valence-corrected chi connectivity index (χ0v) is 12.8. The molecule has 1 aromatic rings. The molecule has 19 heavy (non-hydrogen) atoms. The highest BCUT2D eigenvalue weighted by molar-refractivity contribution is 8.00. The number of hydrogen-bond donors (Lipinski definition) is 1. The zero-order chi connectivity index (χ0) is 13.5. The van der Waals surface area contributed by atoms with Crippen LogP contribution in [0.1, 0.15) is 26.0 Å². The summed E-state index contributed by atoms with van der Waals surface area (Å²) in [6.07, 6.45) is 3.33. The van der Waals surface area contributed by atoms with Crippen LogP contribution < -0.4 is 5.32 Å². The molecule has 6 heteroatoms. The topological polar surface area (TPSA) is 46.0 Å². The lowest BCUT2D eigenvalue weighted by Crippen LogP contribution is -2.39. The van der Waals surface area contributed by atoms with Gasteiger partial charge in [-0.25, -0.2) is 0 Å². The van der Waals surface area contributed by atoms with Gasteiger partial charge in [-0.1, -0.05) is 19.1 Å². The molecule has 1 saturated heterocycles. The first kappa shape index (κ1) is 14.8. The Balaban J connectivity index is 1.73. The van der Waals surface area contributed by atoms with Crippen LogP contribution in [-0.2, 0) is 13.1 Å². The normalized spacial score (nSPS) is 20.8. The molecule has 0 spiro atoms. The fourth-order valence-electron chi connectivity index (χ4n) is 2.26. The molecule has 1 fully saturated rings. The molecule has 2 rings (SSSR count). The molecule has 0 aliphatic carbocycles. The maximum atomic E-state index is 4.19. The van der Waals surface area contributed by atoms with Crippen LogP contribution in [0.3, 0.4) is 0 Å². The van der Waals surface area contributed by atoms with Crippen molar-refractivity contribution >= 4 is 11.8 Å². The van der Waals surface area contributed by atoms with E-state index in [9.17, 15) is 0 Å². The third kappa shape index (κ3) is 4.78. The molecule has 0 bridgehead atoms. The van der Waals surface area contributed by atoms with Gasteiger partial charge in [0.25, 0.3) is 0 Å². The van der Waals surface area contributed by atoms with Crippen molar-refractivity contribution < 1.29 is 0 Å². The summed E-state index contributed by atoms with van der Waals surface area (Å²) in [6.45, 7) is 10.6. The average molecular weight is 283 g/mol. The SMILES string of the molecule is CCNCc1cn(CCN2CCSC(CC)C2)nn1. The molecule has 1 aromatic heterocycles. The van der Waals surface area contributed by atoms with E-state index in [0.717, 1.165) is 37.1 Å². The monoisotopic (exact) mass is 283 g/mol. The van der Waals surface area contributed by atoms with Gasteiger partial charge in [-0.05, 0) is 13.0 Å². The predicted molar refractivity (Wildman–Crippen MR) is 80.4 cm³/mol. The second-order valence-electron chi connectivity index (χ2n) is 4.95. The molecule has 1 unspecified atom stereocenters. The first-order chi connectivity index (χ1) is 9.31. The molecule has 0 aromatic carbocycles. The number of nitrogens with one attached hydrogen (secondary N) is 1. The van der Waals surface area contributed by atoms with Crippen molar-refractivity contribution in [2.45, 2.75) is 38.6 Å². The quantitative estimate of drug-likeness (QED) is 0.815. The molecular weight excluding hydrogens is 258 g/mol. The zero-order valence-electron chi connectivity index (χ0n) is 12.0. The molecule has 1 aliphatic heterocycles. The van der Waals surface area contributed by atoms with Crippen molar-refractivity contribution in [1.82, 2.24) is 25.2 Å². The first-order valence-electron chi connectivity index (χ1n) is 7.25. The van der Waals surface area contributed by atoms with Gasteiger partial charge in [0.05, 0.1) is 12.2 Å². The second kappa shape index (κ2) is 7.87. The molecular formula is C13H25N5S. The number of thioether (sulfide) groups is 1. The number of aromatic nitrogens is 3. The van der Waals surface area contributed by atoms with Crippen molar-refractivity contribution in [1.29, 1.82) is 0 Å². The Morgan fingerprint density at radius 2 is 2.32 bits per heavy atom. The minimum atomic E-state index is 0.814. The van der Waals surface area contributed by atoms with E-state index in [4.69, 9.17) is 0 Å². The van der Waals surface area contributed by atoms with Crippen molar-refractivity contribution in [3.63, 3.8) is 0 Å². The lowest BCUT2D eigenvalue weighted by Gasteiger charge is -2.31. The van der Waals surface area contributed by atoms with E-state index in [-0.39, 0.29) is 0 Å². The maximum Gasteiger partial charge on any atom is 0.0964 e. The third-order valence-electron chi connectivity index (χ3n) is 3.47. The Hall–Kier alpha value is -0.590. The van der Waals surface area contributed by atoms with Crippen LogP contribution in [0.5, 0.6) is 0 Å². The van der Waals surface area contributed by atoms with Gasteiger partial charge in [0.15, 0.2) is 0 Å². The molecule has 1 atom stereocenters. The van der Waals surface area contributed by atoms with E-state index in [1.165, 1.54) is 25.3 Å². The van der Waals surface area contributed by atoms with E-state index in [1.54, 1.807) is 0 Å². The number of hydrogen-bond acceptors (Lipinski definition) is 5. The summed E-state index contributed by atoms with van der Waals surface area (Å²) in [6, 6.07) is 0. The number of nitrogens with zero attached hydrogens (tertiary/aromatic N) is 4. The highest BCUT2D eigenvalue weighted by atomic mass is 32.2. The van der Waals surface area contributed by atoms with Crippen LogP contribution >= 0.6 is 11.8 Å². The Labute approximate surface area is 120 Å². The molecule has 0 saturated carbocycles. The van der Waals surface area contributed by atoms with Crippen LogP contribution in [0.4, 0.5) is 0 Å². The van der Waals surface area contributed by atoms with Crippen molar-refractivity contribution in [2.75, 3.05) is 31.9 Å². The predicted octanol–water partition coefficient (Wildman–Crippen LogP) is 1.21. The summed E-state index contributed by atoms with van der Waals surface area (Å²) in [4.78, 5) is 2.55. The van der Waals surface area contributed by atoms with Crippen LogP contribution in [0.15, 0.2) is 6.20 Å². The Kier molecular flexibility index (Phi) is 6.13. The lowest BCUT2D eigenvalue weighted by molar-refractivity contribution is 0.264. The first-order valence-corrected chi connectivity index (χ1v) is 8.30. The van der Waals surface area contributed by atoms with Gasteiger partial charge in [0.1, 0.15) is 0 Å². The minimum absolute atomic E-state index is 0.814. The summed E-state index contributed by atoms with van der Waals surface area (Å²) in [5.41, 5.74) is 1.03. The molecule has 5 nitrogen and oxygen atoms in total. The van der Waals surface area contributed by atoms with Gasteiger partial charge >= 0.3 is 0 Å². The Morgan fingerprint density at radius 1 is 1.42 bits per heavy atom. The van der Waals surface area contributed by atoms with Crippen LogP contribution in [0.2, 0.25) is 0 Å². The largest absolute Gasteiger partial charge is 0.311 e. The van der Waals surface area contributed by atoms with E-state index in [0.29, 0.717) is 0 Å². The Bertz CT molecular complexity index is 368. The van der Waals surface area contributed by atoms with Crippen LogP contribution in [-0.4, -0.2) is 57.1 Å². The van der Waals surface area contributed by atoms with Crippen LogP contribution in [0.25, 0.3) is 0 Å². The van der Waals surface area contributed by atoms with Crippen molar-refractivity contribution in [3.05, 3.63) is 11.9 Å². The average Bonchev–Trinajstić information content (AvgIpc) is 2.91. The van der Waals surface area contributed by atoms with Crippen molar-refractivity contribution in [2.24, 2.45) is 0 Å². The van der Waals surface area contributed by atoms with Gasteiger partial charge in [-0.3, -0.25) is 9.58 Å². The standard InChI is InChI=1S/C13H25N5S/c1-3-13-11-17(7-8-19-13)5-6-18-10-12(15-16-18)9-14-4-2/h10,13-14H,3-9,11H2,1-2H3. The molecule has 1 N–H and O–H groups in total. The van der Waals surface area contributed by atoms with E-state index < -0.39 is 0 Å². The molecule has 0 radical (unpaired) electrons.